The Bertz CT molecular complexity index is 1390. The minimum absolute atomic E-state index is 0.0327. The first-order valence-corrected chi connectivity index (χ1v) is 17.9. The quantitative estimate of drug-likeness (QED) is 0.0949. The van der Waals surface area contributed by atoms with E-state index in [0.717, 1.165) is 5.56 Å². The maximum absolute atomic E-state index is 12.7. The van der Waals surface area contributed by atoms with Gasteiger partial charge in [-0.3, -0.25) is 0 Å². The van der Waals surface area contributed by atoms with Gasteiger partial charge >= 0.3 is 223 Å². The average Bonchev–Trinajstić information content (AvgIpc) is 2.97. The van der Waals surface area contributed by atoms with E-state index < -0.39 is 5.15 Å². The molecule has 179 valence electrons. The third-order valence-electron chi connectivity index (χ3n) is 5.96. The van der Waals surface area contributed by atoms with E-state index in [-0.39, 0.29) is 25.0 Å². The van der Waals surface area contributed by atoms with Gasteiger partial charge < -0.3 is 0 Å². The Morgan fingerprint density at radius 1 is 0.500 bits per heavy atom. The SMILES string of the molecule is O=C(c1ccccc1)c1ccc(C#[C][Au][PH](c2ccccc2)(c2ccccc2)c2ccccc2)cc1. The number of benzene rings is 5. The molecule has 0 fully saturated rings. The molecule has 0 heterocycles. The predicted molar refractivity (Wildman–Crippen MR) is 150 cm³/mol. The Morgan fingerprint density at radius 2 is 0.889 bits per heavy atom. The summed E-state index contributed by atoms with van der Waals surface area (Å²) in [4.78, 5) is 12.7. The summed E-state index contributed by atoms with van der Waals surface area (Å²) in [5, 5.41) is 1.89. The first-order valence-electron chi connectivity index (χ1n) is 11.7. The second kappa shape index (κ2) is 11.5. The summed E-state index contributed by atoms with van der Waals surface area (Å²) in [7, 11) is 0. The fourth-order valence-electron chi connectivity index (χ4n) is 4.18. The summed E-state index contributed by atoms with van der Waals surface area (Å²) < 4.78 is 3.64. The summed E-state index contributed by atoms with van der Waals surface area (Å²) in [5.74, 6) is 3.46. The molecule has 0 radical (unpaired) electrons. The van der Waals surface area contributed by atoms with E-state index in [0.29, 0.717) is 11.1 Å². The number of rotatable bonds is 6. The average molecular weight is 666 g/mol. The Hall–Kier alpha value is -3.50. The van der Waals surface area contributed by atoms with Crippen molar-refractivity contribution in [2.45, 2.75) is 0 Å². The zero-order valence-corrected chi connectivity index (χ0v) is 22.7. The van der Waals surface area contributed by atoms with E-state index in [9.17, 15) is 4.79 Å². The molecule has 0 aliphatic rings. The molecule has 0 amide bonds. The first-order chi connectivity index (χ1) is 17.8. The summed E-state index contributed by atoms with van der Waals surface area (Å²) in [6, 6.07) is 49.8. The van der Waals surface area contributed by atoms with Gasteiger partial charge in [-0.1, -0.05) is 0 Å². The molecule has 1 nitrogen and oxygen atoms in total. The van der Waals surface area contributed by atoms with Crippen LogP contribution in [0.25, 0.3) is 0 Å². The van der Waals surface area contributed by atoms with Gasteiger partial charge in [-0.25, -0.2) is 0 Å². The molecule has 5 aromatic carbocycles. The Kier molecular flexibility index (Phi) is 7.73. The van der Waals surface area contributed by atoms with Crippen LogP contribution in [0.1, 0.15) is 21.5 Å². The monoisotopic (exact) mass is 665 g/mol. The topological polar surface area (TPSA) is 17.1 Å². The molecule has 5 rings (SSSR count). The number of hydrogen-bond acceptors (Lipinski definition) is 1. The van der Waals surface area contributed by atoms with Crippen LogP contribution in [0.4, 0.5) is 0 Å². The third-order valence-corrected chi connectivity index (χ3v) is 18.7. The summed E-state index contributed by atoms with van der Waals surface area (Å²) >= 11 is -0.386. The number of carbonyl (C=O) groups is 1. The van der Waals surface area contributed by atoms with Crippen molar-refractivity contribution in [3.63, 3.8) is 0 Å². The van der Waals surface area contributed by atoms with Crippen molar-refractivity contribution < 1.29 is 24.0 Å². The zero-order valence-electron chi connectivity index (χ0n) is 19.6. The van der Waals surface area contributed by atoms with Crippen molar-refractivity contribution in [1.82, 2.24) is 0 Å². The van der Waals surface area contributed by atoms with Crippen LogP contribution < -0.4 is 15.9 Å². The Labute approximate surface area is 222 Å². The molecule has 0 N–H and O–H groups in total. The van der Waals surface area contributed by atoms with Crippen LogP contribution in [0.15, 0.2) is 146 Å². The summed E-state index contributed by atoms with van der Waals surface area (Å²) in [6.45, 7) is 0. The van der Waals surface area contributed by atoms with Gasteiger partial charge in [0.15, 0.2) is 0 Å². The fourth-order valence-corrected chi connectivity index (χ4v) is 15.5. The first kappa shape index (κ1) is 24.2. The molecule has 0 aliphatic carbocycles. The molecular formula is C33H25AuOP. The molecule has 0 saturated heterocycles. The van der Waals surface area contributed by atoms with Crippen molar-refractivity contribution in [3.8, 4) is 10.1 Å². The van der Waals surface area contributed by atoms with Crippen molar-refractivity contribution in [3.05, 3.63) is 162 Å². The van der Waals surface area contributed by atoms with Crippen LogP contribution in [0.5, 0.6) is 0 Å². The van der Waals surface area contributed by atoms with E-state index in [1.54, 1.807) is 0 Å². The Balaban J connectivity index is 1.51. The third kappa shape index (κ3) is 5.19. The Morgan fingerprint density at radius 3 is 1.33 bits per heavy atom. The minimum atomic E-state index is -2.28. The van der Waals surface area contributed by atoms with Gasteiger partial charge in [0.05, 0.1) is 0 Å². The van der Waals surface area contributed by atoms with Crippen LogP contribution in [-0.2, 0) is 19.2 Å². The number of carbonyl (C=O) groups excluding carboxylic acids is 1. The van der Waals surface area contributed by atoms with Crippen LogP contribution >= 0.6 is 5.15 Å². The molecule has 36 heavy (non-hydrogen) atoms. The van der Waals surface area contributed by atoms with Gasteiger partial charge in [-0.2, -0.15) is 0 Å². The molecule has 0 atom stereocenters. The zero-order chi connectivity index (χ0) is 24.6. The van der Waals surface area contributed by atoms with E-state index in [1.165, 1.54) is 15.9 Å². The van der Waals surface area contributed by atoms with Gasteiger partial charge in [-0.15, -0.1) is 0 Å². The van der Waals surface area contributed by atoms with Gasteiger partial charge in [0.2, 0.25) is 0 Å². The van der Waals surface area contributed by atoms with Crippen LogP contribution in [-0.4, -0.2) is 5.78 Å². The molecule has 5 aromatic rings. The second-order valence-electron chi connectivity index (χ2n) is 8.25. The normalized spacial score (nSPS) is 11.3. The standard InChI is InChI=1S/C18H15P.C15H9O.Au/c1-4-10-16(11-5-1)19(17-12-6-2-7-13-17)18-14-8-3-9-15-18;1-2-12-8-10-14(11-9-12)15(16)13-6-4-3-5-7-13;/h1-15H;3-11H;/q;;-1/p+1. The van der Waals surface area contributed by atoms with Gasteiger partial charge in [-0.05, 0) is 0 Å². The fraction of sp³-hybridized carbons (Fsp3) is 0. The second-order valence-corrected chi connectivity index (χ2v) is 18.4. The maximum atomic E-state index is 12.7. The number of ketones is 1. The van der Waals surface area contributed by atoms with Crippen LogP contribution in [0, 0.1) is 10.1 Å². The molecule has 0 aliphatic heterocycles. The van der Waals surface area contributed by atoms with E-state index in [1.807, 2.05) is 54.6 Å². The molecule has 0 unspecified atom stereocenters. The van der Waals surface area contributed by atoms with Gasteiger partial charge in [0.25, 0.3) is 0 Å². The van der Waals surface area contributed by atoms with Crippen molar-refractivity contribution >= 4 is 26.8 Å². The van der Waals surface area contributed by atoms with Gasteiger partial charge in [0.1, 0.15) is 0 Å². The van der Waals surface area contributed by atoms with Crippen LogP contribution in [0.2, 0.25) is 0 Å². The predicted octanol–water partition coefficient (Wildman–Crippen LogP) is 5.95. The number of hydrogen-bond donors (Lipinski definition) is 0. The van der Waals surface area contributed by atoms with Crippen molar-refractivity contribution in [1.29, 1.82) is 0 Å². The summed E-state index contributed by atoms with van der Waals surface area (Å²) in [6.07, 6.45) is 0. The molecular weight excluding hydrogens is 640 g/mol. The molecule has 3 heteroatoms. The summed E-state index contributed by atoms with van der Waals surface area (Å²) in [5.41, 5.74) is 2.32. The molecule has 0 bridgehead atoms. The molecule has 0 saturated carbocycles. The van der Waals surface area contributed by atoms with E-state index in [2.05, 4.69) is 101 Å². The van der Waals surface area contributed by atoms with E-state index >= 15 is 0 Å². The van der Waals surface area contributed by atoms with Gasteiger partial charge in [0, 0.05) is 0 Å². The molecule has 0 aromatic heterocycles. The van der Waals surface area contributed by atoms with Crippen molar-refractivity contribution in [2.75, 3.05) is 0 Å². The van der Waals surface area contributed by atoms with Crippen LogP contribution in [0.3, 0.4) is 0 Å². The van der Waals surface area contributed by atoms with E-state index in [4.69, 9.17) is 0 Å². The van der Waals surface area contributed by atoms with Crippen molar-refractivity contribution in [2.24, 2.45) is 0 Å². The molecule has 0 spiro atoms.